The minimum absolute atomic E-state index is 0.0449. The van der Waals surface area contributed by atoms with Crippen LogP contribution >= 0.6 is 0 Å². The van der Waals surface area contributed by atoms with Gasteiger partial charge in [-0.25, -0.2) is 4.98 Å². The smallest absolute Gasteiger partial charge is 0.348 e. The standard InChI is InChI=1S/C23H19F3N4O4/c1-12-28-17-6-5-13(11-27-20(32)14-3-2-4-15(10-14)23(24,25)26)9-16(17)22(34)30(12)18-7-8-19(31)29-21(18)33/h2-6,9-10,18H,7-8,11H2,1H3,(H,27,32)(H,29,31,33)/t18-/m1/s1. The van der Waals surface area contributed by atoms with E-state index in [4.69, 9.17) is 0 Å². The molecule has 4 rings (SSSR count). The van der Waals surface area contributed by atoms with Crippen LogP contribution in [-0.4, -0.2) is 27.3 Å². The average Bonchev–Trinajstić information content (AvgIpc) is 2.78. The van der Waals surface area contributed by atoms with Gasteiger partial charge in [-0.15, -0.1) is 0 Å². The molecule has 2 N–H and O–H groups in total. The maximum Gasteiger partial charge on any atom is 0.416 e. The van der Waals surface area contributed by atoms with Crippen molar-refractivity contribution in [1.82, 2.24) is 20.2 Å². The fourth-order valence-corrected chi connectivity index (χ4v) is 3.88. The van der Waals surface area contributed by atoms with Gasteiger partial charge in [-0.3, -0.25) is 29.1 Å². The molecule has 8 nitrogen and oxygen atoms in total. The first kappa shape index (κ1) is 23.1. The van der Waals surface area contributed by atoms with Crippen LogP contribution in [0.2, 0.25) is 0 Å². The molecular formula is C23H19F3N4O4. The predicted octanol–water partition coefficient (Wildman–Crippen LogP) is 2.63. The van der Waals surface area contributed by atoms with E-state index in [0.29, 0.717) is 16.9 Å². The van der Waals surface area contributed by atoms with Crippen LogP contribution < -0.4 is 16.2 Å². The molecule has 0 unspecified atom stereocenters. The van der Waals surface area contributed by atoms with E-state index in [2.05, 4.69) is 15.6 Å². The van der Waals surface area contributed by atoms with Crippen molar-refractivity contribution in [2.24, 2.45) is 0 Å². The lowest BCUT2D eigenvalue weighted by atomic mass is 10.0. The van der Waals surface area contributed by atoms with Crippen molar-refractivity contribution in [2.75, 3.05) is 0 Å². The molecule has 3 amide bonds. The molecule has 1 atom stereocenters. The van der Waals surface area contributed by atoms with Crippen LogP contribution in [-0.2, 0) is 22.3 Å². The van der Waals surface area contributed by atoms with E-state index in [9.17, 15) is 32.3 Å². The van der Waals surface area contributed by atoms with E-state index in [-0.39, 0.29) is 30.3 Å². The topological polar surface area (TPSA) is 110 Å². The van der Waals surface area contributed by atoms with Crippen LogP contribution in [0.3, 0.4) is 0 Å². The molecule has 34 heavy (non-hydrogen) atoms. The first-order chi connectivity index (χ1) is 16.0. The van der Waals surface area contributed by atoms with Crippen LogP contribution in [0.4, 0.5) is 13.2 Å². The van der Waals surface area contributed by atoms with Crippen molar-refractivity contribution in [2.45, 2.75) is 38.5 Å². The zero-order chi connectivity index (χ0) is 24.6. The van der Waals surface area contributed by atoms with Crippen molar-refractivity contribution >= 4 is 28.6 Å². The molecule has 1 aromatic heterocycles. The summed E-state index contributed by atoms with van der Waals surface area (Å²) in [5.41, 5.74) is -0.637. The Labute approximate surface area is 190 Å². The molecule has 2 aromatic carbocycles. The van der Waals surface area contributed by atoms with Gasteiger partial charge in [0.05, 0.1) is 16.5 Å². The molecule has 1 aliphatic heterocycles. The van der Waals surface area contributed by atoms with Crippen molar-refractivity contribution in [1.29, 1.82) is 0 Å². The van der Waals surface area contributed by atoms with E-state index in [1.807, 2.05) is 0 Å². The number of piperidine rings is 1. The van der Waals surface area contributed by atoms with Gasteiger partial charge in [0.15, 0.2) is 0 Å². The Morgan fingerprint density at radius 1 is 1.18 bits per heavy atom. The van der Waals surface area contributed by atoms with Crippen molar-refractivity contribution in [3.63, 3.8) is 0 Å². The lowest BCUT2D eigenvalue weighted by Crippen LogP contribution is -2.45. The summed E-state index contributed by atoms with van der Waals surface area (Å²) in [7, 11) is 0. The van der Waals surface area contributed by atoms with E-state index < -0.39 is 41.1 Å². The van der Waals surface area contributed by atoms with Gasteiger partial charge in [0.2, 0.25) is 11.8 Å². The number of nitrogens with one attached hydrogen (secondary N) is 2. The molecule has 11 heteroatoms. The van der Waals surface area contributed by atoms with Gasteiger partial charge in [0.1, 0.15) is 11.9 Å². The molecular weight excluding hydrogens is 453 g/mol. The molecule has 0 saturated carbocycles. The molecule has 0 spiro atoms. The second-order valence-corrected chi connectivity index (χ2v) is 7.91. The minimum Gasteiger partial charge on any atom is -0.348 e. The van der Waals surface area contributed by atoms with Crippen LogP contribution in [0.5, 0.6) is 0 Å². The van der Waals surface area contributed by atoms with Crippen molar-refractivity contribution < 1.29 is 27.6 Å². The average molecular weight is 472 g/mol. The summed E-state index contributed by atoms with van der Waals surface area (Å²) < 4.78 is 39.9. The Morgan fingerprint density at radius 2 is 1.94 bits per heavy atom. The fraction of sp³-hybridized carbons (Fsp3) is 0.261. The SMILES string of the molecule is Cc1nc2ccc(CNC(=O)c3cccc(C(F)(F)F)c3)cc2c(=O)n1[C@@H]1CCC(=O)NC1=O. The minimum atomic E-state index is -4.57. The van der Waals surface area contributed by atoms with Gasteiger partial charge in [0.25, 0.3) is 11.5 Å². The number of hydrogen-bond acceptors (Lipinski definition) is 5. The predicted molar refractivity (Wildman–Crippen MR) is 115 cm³/mol. The summed E-state index contributed by atoms with van der Waals surface area (Å²) in [6.45, 7) is 1.55. The molecule has 1 fully saturated rings. The Kier molecular flexibility index (Phi) is 5.94. The lowest BCUT2D eigenvalue weighted by molar-refractivity contribution is -0.138. The van der Waals surface area contributed by atoms with Gasteiger partial charge in [-0.1, -0.05) is 12.1 Å². The van der Waals surface area contributed by atoms with E-state index in [1.165, 1.54) is 16.7 Å². The number of halogens is 3. The molecule has 0 aliphatic carbocycles. The molecule has 1 saturated heterocycles. The van der Waals surface area contributed by atoms with Crippen LogP contribution in [0.25, 0.3) is 10.9 Å². The number of imide groups is 1. The summed E-state index contributed by atoms with van der Waals surface area (Å²) in [6.07, 6.45) is -4.30. The van der Waals surface area contributed by atoms with Gasteiger partial charge >= 0.3 is 6.18 Å². The monoisotopic (exact) mass is 472 g/mol. The van der Waals surface area contributed by atoms with Gasteiger partial charge in [-0.2, -0.15) is 13.2 Å². The number of hydrogen-bond donors (Lipinski definition) is 2. The number of carbonyl (C=O) groups is 3. The normalized spacial score (nSPS) is 16.4. The van der Waals surface area contributed by atoms with Crippen LogP contribution in [0.1, 0.15) is 46.2 Å². The summed E-state index contributed by atoms with van der Waals surface area (Å²) >= 11 is 0. The van der Waals surface area contributed by atoms with Gasteiger partial charge in [-0.05, 0) is 49.2 Å². The number of aryl methyl sites for hydroxylation is 1. The number of rotatable bonds is 4. The van der Waals surface area contributed by atoms with Gasteiger partial charge in [0, 0.05) is 18.5 Å². The van der Waals surface area contributed by atoms with E-state index in [0.717, 1.165) is 18.2 Å². The Hall–Kier alpha value is -4.02. The Balaban J connectivity index is 1.59. The van der Waals surface area contributed by atoms with Crippen molar-refractivity contribution in [3.8, 4) is 0 Å². The molecule has 0 radical (unpaired) electrons. The largest absolute Gasteiger partial charge is 0.416 e. The Bertz CT molecular complexity index is 1380. The third-order valence-electron chi connectivity index (χ3n) is 5.57. The maximum atomic E-state index is 13.2. The highest BCUT2D eigenvalue weighted by Crippen LogP contribution is 2.29. The quantitative estimate of drug-likeness (QED) is 0.568. The van der Waals surface area contributed by atoms with Gasteiger partial charge < -0.3 is 5.32 Å². The molecule has 3 aromatic rings. The first-order valence-electron chi connectivity index (χ1n) is 10.4. The number of aromatic nitrogens is 2. The zero-order valence-electron chi connectivity index (χ0n) is 17.9. The third-order valence-corrected chi connectivity index (χ3v) is 5.57. The maximum absolute atomic E-state index is 13.2. The highest BCUT2D eigenvalue weighted by atomic mass is 19.4. The fourth-order valence-electron chi connectivity index (χ4n) is 3.88. The highest BCUT2D eigenvalue weighted by Gasteiger charge is 2.31. The number of nitrogens with zero attached hydrogens (tertiary/aromatic N) is 2. The highest BCUT2D eigenvalue weighted by molar-refractivity contribution is 5.99. The molecule has 2 heterocycles. The second-order valence-electron chi connectivity index (χ2n) is 7.91. The summed E-state index contributed by atoms with van der Waals surface area (Å²) in [6, 6.07) is 7.94. The molecule has 176 valence electrons. The lowest BCUT2D eigenvalue weighted by Gasteiger charge is -2.24. The van der Waals surface area contributed by atoms with E-state index >= 15 is 0 Å². The molecule has 1 aliphatic rings. The number of fused-ring (bicyclic) bond motifs is 1. The number of alkyl halides is 3. The third kappa shape index (κ3) is 4.54. The summed E-state index contributed by atoms with van der Waals surface area (Å²) in [5, 5.41) is 4.97. The first-order valence-corrected chi connectivity index (χ1v) is 10.4. The number of benzene rings is 2. The zero-order valence-corrected chi connectivity index (χ0v) is 17.9. The number of amides is 3. The van der Waals surface area contributed by atoms with Crippen LogP contribution in [0.15, 0.2) is 47.3 Å². The number of carbonyl (C=O) groups excluding carboxylic acids is 3. The second kappa shape index (κ2) is 8.73. The van der Waals surface area contributed by atoms with E-state index in [1.54, 1.807) is 19.1 Å². The summed E-state index contributed by atoms with van der Waals surface area (Å²) in [5.74, 6) is -1.36. The Morgan fingerprint density at radius 3 is 2.65 bits per heavy atom. The summed E-state index contributed by atoms with van der Waals surface area (Å²) in [4.78, 5) is 53.7. The van der Waals surface area contributed by atoms with Crippen LogP contribution in [0, 0.1) is 6.92 Å². The van der Waals surface area contributed by atoms with Crippen molar-refractivity contribution in [3.05, 3.63) is 75.3 Å². The molecule has 0 bridgehead atoms.